The van der Waals surface area contributed by atoms with Crippen LogP contribution in [0.3, 0.4) is 0 Å². The number of nitrogens with one attached hydrogen (secondary N) is 2. The standard InChI is InChI=1S/C18H12F3N3O2S/c19-7-1-4-11-12(5-7)27-18(22-11)24-17(25)23-15-8-6-26-16-10(21)3-2-9(20)14(16)13(8)15/h1-5,8,13,15H,6H2,(H2,22,23,24,25)/t8-,13-,15-/m1/s1. The highest BCUT2D eigenvalue weighted by atomic mass is 32.1. The third kappa shape index (κ3) is 2.69. The molecule has 1 aromatic heterocycles. The van der Waals surface area contributed by atoms with Crippen LogP contribution < -0.4 is 15.4 Å². The van der Waals surface area contributed by atoms with E-state index in [0.717, 1.165) is 23.5 Å². The molecular formula is C18H12F3N3O2S. The van der Waals surface area contributed by atoms with Gasteiger partial charge >= 0.3 is 6.03 Å². The fourth-order valence-electron chi connectivity index (χ4n) is 3.59. The highest BCUT2D eigenvalue weighted by molar-refractivity contribution is 7.22. The SMILES string of the molecule is O=C(Nc1nc2ccc(F)cc2s1)N[C@@H]1[C@@H]2COc3c(F)ccc(F)c3[C@@H]21. The number of anilines is 1. The van der Waals surface area contributed by atoms with E-state index in [0.29, 0.717) is 15.3 Å². The monoisotopic (exact) mass is 391 g/mol. The van der Waals surface area contributed by atoms with Gasteiger partial charge in [-0.25, -0.2) is 22.9 Å². The molecule has 27 heavy (non-hydrogen) atoms. The summed E-state index contributed by atoms with van der Waals surface area (Å²) in [6.07, 6.45) is 0. The van der Waals surface area contributed by atoms with Crippen molar-refractivity contribution < 1.29 is 22.7 Å². The molecule has 3 aromatic rings. The summed E-state index contributed by atoms with van der Waals surface area (Å²) in [5.41, 5.74) is 0.753. The van der Waals surface area contributed by atoms with E-state index in [9.17, 15) is 18.0 Å². The molecule has 2 aliphatic rings. The minimum Gasteiger partial charge on any atom is -0.490 e. The fourth-order valence-corrected chi connectivity index (χ4v) is 4.48. The molecule has 0 radical (unpaired) electrons. The Morgan fingerprint density at radius 3 is 2.85 bits per heavy atom. The Kier molecular flexibility index (Phi) is 3.55. The summed E-state index contributed by atoms with van der Waals surface area (Å²) in [5, 5.41) is 5.69. The number of hydrogen-bond donors (Lipinski definition) is 2. The molecule has 1 fully saturated rings. The van der Waals surface area contributed by atoms with Gasteiger partial charge in [0.05, 0.1) is 16.8 Å². The zero-order valence-corrected chi connectivity index (χ0v) is 14.4. The van der Waals surface area contributed by atoms with Gasteiger partial charge in [0, 0.05) is 23.4 Å². The predicted molar refractivity (Wildman–Crippen MR) is 93.6 cm³/mol. The lowest BCUT2D eigenvalue weighted by Gasteiger charge is -2.16. The van der Waals surface area contributed by atoms with Gasteiger partial charge in [-0.1, -0.05) is 11.3 Å². The van der Waals surface area contributed by atoms with E-state index in [1.807, 2.05) is 0 Å². The first-order valence-corrected chi connectivity index (χ1v) is 9.07. The van der Waals surface area contributed by atoms with Gasteiger partial charge in [0.1, 0.15) is 11.6 Å². The lowest BCUT2D eigenvalue weighted by atomic mass is 10.0. The van der Waals surface area contributed by atoms with Crippen molar-refractivity contribution in [2.75, 3.05) is 11.9 Å². The van der Waals surface area contributed by atoms with Crippen molar-refractivity contribution in [3.8, 4) is 5.75 Å². The summed E-state index contributed by atoms with van der Waals surface area (Å²) >= 11 is 1.15. The second-order valence-electron chi connectivity index (χ2n) is 6.53. The molecule has 138 valence electrons. The third-order valence-corrected chi connectivity index (χ3v) is 5.82. The molecule has 3 atom stereocenters. The van der Waals surface area contributed by atoms with Crippen molar-refractivity contribution in [1.29, 1.82) is 0 Å². The van der Waals surface area contributed by atoms with Crippen LogP contribution in [0, 0.1) is 23.4 Å². The lowest BCUT2D eigenvalue weighted by molar-refractivity contribution is 0.247. The number of carbonyl (C=O) groups excluding carboxylic acids is 1. The molecule has 1 aliphatic heterocycles. The van der Waals surface area contributed by atoms with Crippen molar-refractivity contribution in [3.63, 3.8) is 0 Å². The molecule has 2 heterocycles. The van der Waals surface area contributed by atoms with Crippen LogP contribution in [-0.4, -0.2) is 23.7 Å². The van der Waals surface area contributed by atoms with Crippen LogP contribution in [0.4, 0.5) is 23.1 Å². The highest BCUT2D eigenvalue weighted by Crippen LogP contribution is 2.55. The molecule has 1 saturated carbocycles. The van der Waals surface area contributed by atoms with E-state index in [1.54, 1.807) is 0 Å². The first-order chi connectivity index (χ1) is 13.0. The van der Waals surface area contributed by atoms with Gasteiger partial charge < -0.3 is 10.1 Å². The van der Waals surface area contributed by atoms with Crippen LogP contribution in [0.2, 0.25) is 0 Å². The number of thiazole rings is 1. The van der Waals surface area contributed by atoms with E-state index in [2.05, 4.69) is 15.6 Å². The van der Waals surface area contributed by atoms with Crippen LogP contribution >= 0.6 is 11.3 Å². The Morgan fingerprint density at radius 2 is 2.00 bits per heavy atom. The Bertz CT molecular complexity index is 1090. The summed E-state index contributed by atoms with van der Waals surface area (Å²) in [7, 11) is 0. The molecule has 1 aliphatic carbocycles. The molecule has 0 bridgehead atoms. The maximum atomic E-state index is 14.1. The largest absolute Gasteiger partial charge is 0.490 e. The van der Waals surface area contributed by atoms with Gasteiger partial charge in [0.2, 0.25) is 0 Å². The van der Waals surface area contributed by atoms with Crippen LogP contribution in [0.15, 0.2) is 30.3 Å². The summed E-state index contributed by atoms with van der Waals surface area (Å²) in [4.78, 5) is 16.5. The topological polar surface area (TPSA) is 63.2 Å². The number of fused-ring (bicyclic) bond motifs is 4. The number of benzene rings is 2. The quantitative estimate of drug-likeness (QED) is 0.694. The number of amides is 2. The van der Waals surface area contributed by atoms with Gasteiger partial charge in [-0.05, 0) is 30.3 Å². The van der Waals surface area contributed by atoms with E-state index in [-0.39, 0.29) is 41.6 Å². The Morgan fingerprint density at radius 1 is 1.19 bits per heavy atom. The van der Waals surface area contributed by atoms with Gasteiger partial charge in [0.25, 0.3) is 0 Å². The normalized spacial score (nSPS) is 22.6. The minimum atomic E-state index is -0.610. The number of carbonyl (C=O) groups is 1. The summed E-state index contributed by atoms with van der Waals surface area (Å²) in [5.74, 6) is -2.03. The maximum absolute atomic E-state index is 14.1. The second-order valence-corrected chi connectivity index (χ2v) is 7.56. The van der Waals surface area contributed by atoms with Crippen LogP contribution in [0.1, 0.15) is 11.5 Å². The van der Waals surface area contributed by atoms with E-state index in [4.69, 9.17) is 4.74 Å². The molecule has 9 heteroatoms. The molecular weight excluding hydrogens is 379 g/mol. The van der Waals surface area contributed by atoms with E-state index < -0.39 is 17.7 Å². The third-order valence-electron chi connectivity index (χ3n) is 4.89. The first-order valence-electron chi connectivity index (χ1n) is 8.25. The molecule has 2 N–H and O–H groups in total. The zero-order chi connectivity index (χ0) is 18.7. The van der Waals surface area contributed by atoms with Crippen molar-refractivity contribution >= 4 is 32.7 Å². The van der Waals surface area contributed by atoms with Gasteiger partial charge in [-0.15, -0.1) is 0 Å². The number of nitrogens with zero attached hydrogens (tertiary/aromatic N) is 1. The minimum absolute atomic E-state index is 0.0749. The first kappa shape index (κ1) is 16.4. The maximum Gasteiger partial charge on any atom is 0.321 e. The number of urea groups is 1. The van der Waals surface area contributed by atoms with Crippen LogP contribution in [0.5, 0.6) is 5.75 Å². The van der Waals surface area contributed by atoms with Gasteiger partial charge in [0.15, 0.2) is 16.7 Å². The molecule has 2 aromatic carbocycles. The Balaban J connectivity index is 1.31. The van der Waals surface area contributed by atoms with Crippen molar-refractivity contribution in [2.24, 2.45) is 5.92 Å². The molecule has 0 saturated heterocycles. The zero-order valence-electron chi connectivity index (χ0n) is 13.6. The lowest BCUT2D eigenvalue weighted by Crippen LogP contribution is -2.32. The predicted octanol–water partition coefficient (Wildman–Crippen LogP) is 4.01. The van der Waals surface area contributed by atoms with Crippen LogP contribution in [0.25, 0.3) is 10.2 Å². The van der Waals surface area contributed by atoms with Crippen LogP contribution in [-0.2, 0) is 0 Å². The highest BCUT2D eigenvalue weighted by Gasteiger charge is 2.57. The molecule has 0 spiro atoms. The number of halogens is 3. The summed E-state index contributed by atoms with van der Waals surface area (Å²) < 4.78 is 47.2. The van der Waals surface area contributed by atoms with Crippen molar-refractivity contribution in [2.45, 2.75) is 12.0 Å². The summed E-state index contributed by atoms with van der Waals surface area (Å²) in [6.45, 7) is 0.212. The van der Waals surface area contributed by atoms with Crippen molar-refractivity contribution in [1.82, 2.24) is 10.3 Å². The average molecular weight is 391 g/mol. The van der Waals surface area contributed by atoms with Gasteiger partial charge in [-0.2, -0.15) is 0 Å². The number of ether oxygens (including phenoxy) is 1. The number of hydrogen-bond acceptors (Lipinski definition) is 4. The second kappa shape index (κ2) is 5.85. The fraction of sp³-hybridized carbons (Fsp3) is 0.222. The molecule has 5 rings (SSSR count). The smallest absolute Gasteiger partial charge is 0.321 e. The van der Waals surface area contributed by atoms with Gasteiger partial charge in [-0.3, -0.25) is 5.32 Å². The number of aromatic nitrogens is 1. The van der Waals surface area contributed by atoms with Crippen molar-refractivity contribution in [3.05, 3.63) is 53.3 Å². The number of rotatable bonds is 2. The summed E-state index contributed by atoms with van der Waals surface area (Å²) in [6, 6.07) is 5.41. The molecule has 2 amide bonds. The molecule has 5 nitrogen and oxygen atoms in total. The average Bonchev–Trinajstić information content (AvgIpc) is 3.17. The Hall–Kier alpha value is -2.81. The van der Waals surface area contributed by atoms with E-state index >= 15 is 0 Å². The Labute approximate surface area is 155 Å². The van der Waals surface area contributed by atoms with E-state index in [1.165, 1.54) is 18.2 Å². The molecule has 0 unspecified atom stereocenters.